The van der Waals surface area contributed by atoms with E-state index in [0.29, 0.717) is 27.8 Å². The van der Waals surface area contributed by atoms with E-state index in [1.54, 1.807) is 63.8 Å². The molecular formula is C45H49Cl2NO9. The van der Waals surface area contributed by atoms with Gasteiger partial charge in [0.2, 0.25) is 11.1 Å². The minimum atomic E-state index is -0.503. The van der Waals surface area contributed by atoms with E-state index in [1.807, 2.05) is 48.5 Å². The molecule has 5 atom stereocenters. The first kappa shape index (κ1) is 44.3. The molecule has 6 rings (SSSR count). The van der Waals surface area contributed by atoms with Crippen molar-refractivity contribution < 1.29 is 43.5 Å². The third kappa shape index (κ3) is 10.7. The molecule has 0 radical (unpaired) electrons. The van der Waals surface area contributed by atoms with Crippen LogP contribution in [-0.4, -0.2) is 62.1 Å². The molecule has 10 nitrogen and oxygen atoms in total. The van der Waals surface area contributed by atoms with Gasteiger partial charge in [0.05, 0.1) is 39.4 Å². The van der Waals surface area contributed by atoms with Crippen LogP contribution in [0, 0.1) is 11.3 Å². The summed E-state index contributed by atoms with van der Waals surface area (Å²) in [5, 5.41) is 23.7. The highest BCUT2D eigenvalue weighted by atomic mass is 35.5. The van der Waals surface area contributed by atoms with Crippen LogP contribution in [0.15, 0.2) is 97.1 Å². The summed E-state index contributed by atoms with van der Waals surface area (Å²) in [6, 6.07) is 23.3. The average molecular weight is 819 g/mol. The van der Waals surface area contributed by atoms with Crippen molar-refractivity contribution in [2.45, 2.75) is 51.0 Å². The Kier molecular flexibility index (Phi) is 16.0. The summed E-state index contributed by atoms with van der Waals surface area (Å²) in [6.45, 7) is 4.18. The fourth-order valence-electron chi connectivity index (χ4n) is 7.90. The Morgan fingerprint density at radius 3 is 2.02 bits per heavy atom. The van der Waals surface area contributed by atoms with Crippen LogP contribution in [0.1, 0.15) is 72.0 Å². The van der Waals surface area contributed by atoms with Crippen molar-refractivity contribution in [2.24, 2.45) is 11.3 Å². The van der Waals surface area contributed by atoms with E-state index in [4.69, 9.17) is 42.1 Å². The normalized spacial score (nSPS) is 20.9. The second kappa shape index (κ2) is 20.6. The number of fused-ring (bicyclic) bond motifs is 1. The molecule has 2 aliphatic rings. The number of phenols is 2. The van der Waals surface area contributed by atoms with Crippen LogP contribution in [0.5, 0.6) is 34.5 Å². The fourth-order valence-corrected chi connectivity index (χ4v) is 8.10. The largest absolute Gasteiger partial charge is 0.508 e. The summed E-state index contributed by atoms with van der Waals surface area (Å²) in [7, 11) is 6.26. The smallest absolute Gasteiger partial charge is 0.245 e. The first-order valence-electron chi connectivity index (χ1n) is 18.4. The molecule has 1 amide bonds. The Morgan fingerprint density at radius 1 is 0.860 bits per heavy atom. The third-order valence-electron chi connectivity index (χ3n) is 10.6. The highest BCUT2D eigenvalue weighted by Crippen LogP contribution is 2.60. The van der Waals surface area contributed by atoms with Crippen LogP contribution in [0.4, 0.5) is 0 Å². The molecule has 1 aliphatic carbocycles. The molecule has 2 fully saturated rings. The van der Waals surface area contributed by atoms with Crippen LogP contribution in [-0.2, 0) is 9.59 Å². The van der Waals surface area contributed by atoms with Gasteiger partial charge < -0.3 is 34.5 Å². The minimum absolute atomic E-state index is 0.0501. The summed E-state index contributed by atoms with van der Waals surface area (Å²) in [4.78, 5) is 33.9. The Balaban J connectivity index is 0.000000211. The number of carbonyl (C=O) groups is 3. The van der Waals surface area contributed by atoms with Gasteiger partial charge in [-0.05, 0) is 109 Å². The van der Waals surface area contributed by atoms with Crippen molar-refractivity contribution in [1.82, 2.24) is 5.32 Å². The lowest BCUT2D eigenvalue weighted by Gasteiger charge is -2.47. The molecule has 0 spiro atoms. The number of allylic oxidation sites excluding steroid dienone is 3. The quantitative estimate of drug-likeness (QED) is 0.0584. The fraction of sp³-hybridized carbons (Fsp3) is 0.311. The molecule has 57 heavy (non-hydrogen) atoms. The average Bonchev–Trinajstić information content (AvgIpc) is 3.48. The standard InChI is InChI=1S/C23H26ClNO3.C13H13ClO3.C9H10O3/c1-3-23-11-10-18(17-9-8-16(26)12-19(17)27)20(14-4-6-15(24)7-5-14)21(23)13(2)25-22(23)28;1-16-11-8-7-10(12(9-11)17-2)5-3-4-6-13(14)15;1-11-8-4-3-7(6-10)9(5-8)12-2/h4-9,12-13,18,20-21,26-27H,3,10-11H2,1-2H3,(H,25,28);3-9H,1-2H3;3-6H,1-2H3/b;5-3+,6-4+;/t13-,18+,20+,21+,23-;;/m1../s1. The summed E-state index contributed by atoms with van der Waals surface area (Å²) in [5.41, 5.74) is 2.99. The van der Waals surface area contributed by atoms with E-state index in [9.17, 15) is 24.6 Å². The molecule has 1 heterocycles. The highest BCUT2D eigenvalue weighted by molar-refractivity contribution is 6.66. The van der Waals surface area contributed by atoms with Gasteiger partial charge in [0.1, 0.15) is 34.5 Å². The number of phenolic OH excluding ortho intramolecular Hbond substituents is 2. The number of hydrogen-bond donors (Lipinski definition) is 3. The number of ether oxygens (including phenoxy) is 4. The van der Waals surface area contributed by atoms with E-state index < -0.39 is 5.24 Å². The Morgan fingerprint density at radius 2 is 1.47 bits per heavy atom. The molecule has 3 N–H and O–H groups in total. The SMILES string of the molecule is CC[C@@]12CC[C@@H](c3ccc(O)cc3O)[C@H](c3ccc(Cl)cc3)[C@@H]1[C@@H](C)NC2=O.COc1ccc(/C=C/C=C/C(=O)Cl)c(OC)c1.COc1ccc(C=O)c(OC)c1. The summed E-state index contributed by atoms with van der Waals surface area (Å²) >= 11 is 11.3. The minimum Gasteiger partial charge on any atom is -0.508 e. The van der Waals surface area contributed by atoms with Crippen LogP contribution >= 0.6 is 23.2 Å². The lowest BCUT2D eigenvalue weighted by Crippen LogP contribution is -2.43. The van der Waals surface area contributed by atoms with Gasteiger partial charge in [0, 0.05) is 40.7 Å². The second-order valence-electron chi connectivity index (χ2n) is 13.6. The van der Waals surface area contributed by atoms with Gasteiger partial charge in [-0.2, -0.15) is 0 Å². The van der Waals surface area contributed by atoms with Gasteiger partial charge in [-0.3, -0.25) is 14.4 Å². The lowest BCUT2D eigenvalue weighted by molar-refractivity contribution is -0.131. The zero-order chi connectivity index (χ0) is 41.7. The maximum Gasteiger partial charge on any atom is 0.245 e. The maximum atomic E-state index is 12.9. The number of hydrogen-bond acceptors (Lipinski definition) is 9. The first-order chi connectivity index (χ1) is 27.3. The first-order valence-corrected chi connectivity index (χ1v) is 19.1. The lowest BCUT2D eigenvalue weighted by atomic mass is 9.54. The van der Waals surface area contributed by atoms with Gasteiger partial charge in [-0.15, -0.1) is 0 Å². The zero-order valence-electron chi connectivity index (χ0n) is 32.8. The van der Waals surface area contributed by atoms with Crippen molar-refractivity contribution in [3.05, 3.63) is 124 Å². The van der Waals surface area contributed by atoms with Gasteiger partial charge in [0.25, 0.3) is 0 Å². The van der Waals surface area contributed by atoms with Crippen LogP contribution in [0.2, 0.25) is 5.02 Å². The molecule has 302 valence electrons. The van der Waals surface area contributed by atoms with Crippen LogP contribution < -0.4 is 24.3 Å². The number of nitrogens with one attached hydrogen (secondary N) is 1. The van der Waals surface area contributed by atoms with Crippen LogP contribution in [0.3, 0.4) is 0 Å². The van der Waals surface area contributed by atoms with Crippen molar-refractivity contribution in [2.75, 3.05) is 28.4 Å². The molecule has 1 saturated heterocycles. The van der Waals surface area contributed by atoms with Gasteiger partial charge in [-0.25, -0.2) is 0 Å². The van der Waals surface area contributed by atoms with E-state index in [0.717, 1.165) is 48.0 Å². The third-order valence-corrected chi connectivity index (χ3v) is 11.0. The molecule has 0 unspecified atom stereocenters. The van der Waals surface area contributed by atoms with Crippen LogP contribution in [0.25, 0.3) is 6.08 Å². The van der Waals surface area contributed by atoms with Crippen molar-refractivity contribution in [1.29, 1.82) is 0 Å². The number of carbonyl (C=O) groups excluding carboxylic acids is 3. The Hall–Kier alpha value is -5.45. The van der Waals surface area contributed by atoms with Crippen molar-refractivity contribution in [3.8, 4) is 34.5 Å². The topological polar surface area (TPSA) is 141 Å². The van der Waals surface area contributed by atoms with E-state index in [-0.39, 0.29) is 46.6 Å². The number of methoxy groups -OCH3 is 4. The molecule has 1 saturated carbocycles. The zero-order valence-corrected chi connectivity index (χ0v) is 34.3. The van der Waals surface area contributed by atoms with Gasteiger partial charge >= 0.3 is 0 Å². The van der Waals surface area contributed by atoms with E-state index in [2.05, 4.69) is 19.2 Å². The Bertz CT molecular complexity index is 2070. The van der Waals surface area contributed by atoms with Gasteiger partial charge in [0.15, 0.2) is 6.29 Å². The predicted molar refractivity (Wildman–Crippen MR) is 223 cm³/mol. The molecule has 0 aromatic heterocycles. The van der Waals surface area contributed by atoms with Crippen molar-refractivity contribution >= 4 is 46.7 Å². The van der Waals surface area contributed by atoms with Crippen molar-refractivity contribution in [3.63, 3.8) is 0 Å². The monoisotopic (exact) mass is 817 g/mol. The number of halogens is 2. The summed E-state index contributed by atoms with van der Waals surface area (Å²) in [6.07, 6.45) is 9.51. The molecule has 12 heteroatoms. The van der Waals surface area contributed by atoms with E-state index >= 15 is 0 Å². The Labute approximate surface area is 344 Å². The molecule has 4 aromatic rings. The maximum absolute atomic E-state index is 12.9. The number of amides is 1. The highest BCUT2D eigenvalue weighted by Gasteiger charge is 2.59. The molecule has 0 bridgehead atoms. The summed E-state index contributed by atoms with van der Waals surface area (Å²) in [5.74, 6) is 3.19. The second-order valence-corrected chi connectivity index (χ2v) is 14.4. The number of benzene rings is 4. The molecule has 4 aromatic carbocycles. The van der Waals surface area contributed by atoms with E-state index in [1.165, 1.54) is 19.3 Å². The summed E-state index contributed by atoms with van der Waals surface area (Å²) < 4.78 is 20.2. The molecular weight excluding hydrogens is 769 g/mol. The van der Waals surface area contributed by atoms with Gasteiger partial charge in [-0.1, -0.05) is 55.0 Å². The molecule has 1 aliphatic heterocycles. The number of aromatic hydroxyl groups is 2. The predicted octanol–water partition coefficient (Wildman–Crippen LogP) is 9.50. The number of rotatable bonds is 11. The number of aldehydes is 1.